The number of nitrogen functional groups attached to an aromatic ring is 1. The van der Waals surface area contributed by atoms with Crippen LogP contribution in [0.3, 0.4) is 0 Å². The summed E-state index contributed by atoms with van der Waals surface area (Å²) in [5.41, 5.74) is 2.37. The first-order valence-electron chi connectivity index (χ1n) is 5.56. The Balaban J connectivity index is 2.27. The van der Waals surface area contributed by atoms with Gasteiger partial charge in [0.2, 0.25) is 5.88 Å². The van der Waals surface area contributed by atoms with Gasteiger partial charge in [-0.15, -0.1) is 0 Å². The average Bonchev–Trinajstić information content (AvgIpc) is 2.81. The maximum absolute atomic E-state index is 6.01. The van der Waals surface area contributed by atoms with Gasteiger partial charge in [-0.3, -0.25) is 4.68 Å². The highest BCUT2D eigenvalue weighted by atomic mass is 35.5. The fourth-order valence-electron chi connectivity index (χ4n) is 1.39. The van der Waals surface area contributed by atoms with Crippen molar-refractivity contribution in [3.05, 3.63) is 28.5 Å². The average molecular weight is 302 g/mol. The zero-order chi connectivity index (χ0) is 14.0. The van der Waals surface area contributed by atoms with Crippen LogP contribution in [0.4, 0.5) is 5.82 Å². The number of rotatable bonds is 4. The molecule has 0 spiro atoms. The Morgan fingerprint density at radius 2 is 2.11 bits per heavy atom. The molecule has 0 unspecified atom stereocenters. The van der Waals surface area contributed by atoms with Crippen LogP contribution in [0.2, 0.25) is 10.0 Å². The number of hydrazine groups is 1. The lowest BCUT2D eigenvalue weighted by molar-refractivity contribution is 0.460. The molecule has 0 aliphatic rings. The highest BCUT2D eigenvalue weighted by molar-refractivity contribution is 6.36. The van der Waals surface area contributed by atoms with Gasteiger partial charge in [0.15, 0.2) is 11.6 Å². The molecule has 0 aliphatic heterocycles. The van der Waals surface area contributed by atoms with Crippen LogP contribution in [0.1, 0.15) is 19.9 Å². The molecule has 8 heteroatoms. The van der Waals surface area contributed by atoms with Gasteiger partial charge in [0.25, 0.3) is 0 Å². The standard InChI is InChI=1S/C11H13Cl2N5O/c1-6(2)18-5-7(4-15-18)19-11-9(13)3-8(12)10(16-11)17-14/h3-6H,14H2,1-2H3,(H,16,17). The van der Waals surface area contributed by atoms with Crippen molar-refractivity contribution in [1.82, 2.24) is 14.8 Å². The van der Waals surface area contributed by atoms with Crippen molar-refractivity contribution >= 4 is 29.0 Å². The van der Waals surface area contributed by atoms with E-state index in [1.165, 1.54) is 6.07 Å². The lowest BCUT2D eigenvalue weighted by Gasteiger charge is -2.08. The van der Waals surface area contributed by atoms with E-state index in [2.05, 4.69) is 15.5 Å². The van der Waals surface area contributed by atoms with Crippen molar-refractivity contribution in [3.8, 4) is 11.6 Å². The maximum atomic E-state index is 6.01. The summed E-state index contributed by atoms with van der Waals surface area (Å²) in [5, 5.41) is 4.77. The van der Waals surface area contributed by atoms with E-state index in [0.717, 1.165) is 0 Å². The SMILES string of the molecule is CC(C)n1cc(Oc2nc(NN)c(Cl)cc2Cl)cn1. The summed E-state index contributed by atoms with van der Waals surface area (Å²) in [4.78, 5) is 4.08. The molecule has 19 heavy (non-hydrogen) atoms. The number of aromatic nitrogens is 3. The number of halogens is 2. The van der Waals surface area contributed by atoms with Gasteiger partial charge in [-0.2, -0.15) is 10.1 Å². The van der Waals surface area contributed by atoms with Crippen LogP contribution in [-0.2, 0) is 0 Å². The molecule has 0 saturated carbocycles. The maximum Gasteiger partial charge on any atom is 0.240 e. The van der Waals surface area contributed by atoms with Crippen LogP contribution in [-0.4, -0.2) is 14.8 Å². The molecule has 0 saturated heterocycles. The van der Waals surface area contributed by atoms with Crippen molar-refractivity contribution in [3.63, 3.8) is 0 Å². The molecule has 0 amide bonds. The Morgan fingerprint density at radius 3 is 2.68 bits per heavy atom. The molecule has 0 fully saturated rings. The summed E-state index contributed by atoms with van der Waals surface area (Å²) in [7, 11) is 0. The van der Waals surface area contributed by atoms with Crippen molar-refractivity contribution in [2.24, 2.45) is 5.84 Å². The van der Waals surface area contributed by atoms with Gasteiger partial charge in [0.1, 0.15) is 5.02 Å². The predicted molar refractivity (Wildman–Crippen MR) is 74.8 cm³/mol. The summed E-state index contributed by atoms with van der Waals surface area (Å²) in [6.45, 7) is 4.03. The van der Waals surface area contributed by atoms with E-state index in [0.29, 0.717) is 15.8 Å². The van der Waals surface area contributed by atoms with Gasteiger partial charge in [-0.25, -0.2) is 5.84 Å². The largest absolute Gasteiger partial charge is 0.434 e. The zero-order valence-electron chi connectivity index (χ0n) is 10.4. The number of nitrogens with two attached hydrogens (primary N) is 1. The third kappa shape index (κ3) is 3.09. The molecule has 2 aromatic rings. The summed E-state index contributed by atoms with van der Waals surface area (Å²) in [6.07, 6.45) is 3.34. The lowest BCUT2D eigenvalue weighted by Crippen LogP contribution is -2.09. The van der Waals surface area contributed by atoms with Gasteiger partial charge in [-0.05, 0) is 19.9 Å². The van der Waals surface area contributed by atoms with Crippen LogP contribution < -0.4 is 16.0 Å². The highest BCUT2D eigenvalue weighted by Gasteiger charge is 2.12. The fraction of sp³-hybridized carbons (Fsp3) is 0.273. The third-order valence-corrected chi connectivity index (χ3v) is 2.91. The molecule has 0 aliphatic carbocycles. The van der Waals surface area contributed by atoms with E-state index in [-0.39, 0.29) is 17.7 Å². The summed E-state index contributed by atoms with van der Waals surface area (Å²) in [6, 6.07) is 1.75. The van der Waals surface area contributed by atoms with Crippen LogP contribution in [0, 0.1) is 0 Å². The topological polar surface area (TPSA) is 78.0 Å². The minimum Gasteiger partial charge on any atom is -0.434 e. The molecular weight excluding hydrogens is 289 g/mol. The first kappa shape index (κ1) is 13.9. The predicted octanol–water partition coefficient (Wildman–Crippen LogP) is 3.24. The second kappa shape index (κ2) is 5.64. The number of nitrogens with one attached hydrogen (secondary N) is 1. The molecule has 2 rings (SSSR count). The summed E-state index contributed by atoms with van der Waals surface area (Å²) in [5.74, 6) is 6.33. The zero-order valence-corrected chi connectivity index (χ0v) is 11.9. The normalized spacial score (nSPS) is 10.8. The van der Waals surface area contributed by atoms with Crippen molar-refractivity contribution in [1.29, 1.82) is 0 Å². The minimum atomic E-state index is 0.210. The molecule has 0 atom stereocenters. The highest BCUT2D eigenvalue weighted by Crippen LogP contribution is 2.33. The quantitative estimate of drug-likeness (QED) is 0.669. The minimum absolute atomic E-state index is 0.210. The van der Waals surface area contributed by atoms with Crippen LogP contribution in [0.25, 0.3) is 0 Å². The van der Waals surface area contributed by atoms with Crippen molar-refractivity contribution < 1.29 is 4.74 Å². The first-order valence-corrected chi connectivity index (χ1v) is 6.31. The van der Waals surface area contributed by atoms with Gasteiger partial charge in [-0.1, -0.05) is 23.2 Å². The number of anilines is 1. The Labute approximate surface area is 120 Å². The fourth-order valence-corrected chi connectivity index (χ4v) is 1.84. The molecule has 102 valence electrons. The van der Waals surface area contributed by atoms with E-state index >= 15 is 0 Å². The first-order chi connectivity index (χ1) is 9.01. The third-order valence-electron chi connectivity index (χ3n) is 2.36. The number of nitrogens with zero attached hydrogens (tertiary/aromatic N) is 3. The lowest BCUT2D eigenvalue weighted by atomic mass is 10.4. The van der Waals surface area contributed by atoms with Crippen molar-refractivity contribution in [2.45, 2.75) is 19.9 Å². The van der Waals surface area contributed by atoms with Gasteiger partial charge in [0, 0.05) is 6.04 Å². The van der Waals surface area contributed by atoms with Gasteiger partial charge < -0.3 is 10.2 Å². The van der Waals surface area contributed by atoms with E-state index < -0.39 is 0 Å². The number of pyridine rings is 1. The second-order valence-electron chi connectivity index (χ2n) is 4.10. The molecular formula is C11H13Cl2N5O. The number of hydrogen-bond acceptors (Lipinski definition) is 5. The van der Waals surface area contributed by atoms with Gasteiger partial charge in [0.05, 0.1) is 17.4 Å². The molecule has 0 radical (unpaired) electrons. The van der Waals surface area contributed by atoms with E-state index in [1.807, 2.05) is 13.8 Å². The number of hydrogen-bond donors (Lipinski definition) is 2. The molecule has 2 heterocycles. The summed E-state index contributed by atoms with van der Waals surface area (Å²) < 4.78 is 7.32. The van der Waals surface area contributed by atoms with Crippen LogP contribution in [0.5, 0.6) is 11.6 Å². The molecule has 2 aromatic heterocycles. The molecule has 0 bridgehead atoms. The van der Waals surface area contributed by atoms with E-state index in [9.17, 15) is 0 Å². The molecule has 6 nitrogen and oxygen atoms in total. The van der Waals surface area contributed by atoms with Crippen molar-refractivity contribution in [2.75, 3.05) is 5.43 Å². The Bertz CT molecular complexity index is 584. The summed E-state index contributed by atoms with van der Waals surface area (Å²) >= 11 is 11.9. The number of ether oxygens (including phenoxy) is 1. The molecule has 0 aromatic carbocycles. The Kier molecular flexibility index (Phi) is 4.14. The van der Waals surface area contributed by atoms with Gasteiger partial charge >= 0.3 is 0 Å². The second-order valence-corrected chi connectivity index (χ2v) is 4.92. The van der Waals surface area contributed by atoms with E-state index in [1.54, 1.807) is 17.1 Å². The monoisotopic (exact) mass is 301 g/mol. The smallest absolute Gasteiger partial charge is 0.240 e. The van der Waals surface area contributed by atoms with Crippen LogP contribution >= 0.6 is 23.2 Å². The Morgan fingerprint density at radius 1 is 1.37 bits per heavy atom. The molecule has 3 N–H and O–H groups in total. The Hall–Kier alpha value is -1.50. The van der Waals surface area contributed by atoms with Crippen LogP contribution in [0.15, 0.2) is 18.5 Å². The van der Waals surface area contributed by atoms with E-state index in [4.69, 9.17) is 33.8 Å².